The number of nitrogen functional groups attached to an aromatic ring is 1. The number of nitrogens with one attached hydrogen (secondary N) is 1. The molecule has 1 saturated heterocycles. The molecule has 3 aliphatic heterocycles. The summed E-state index contributed by atoms with van der Waals surface area (Å²) in [6, 6.07) is 3.84. The van der Waals surface area contributed by atoms with Gasteiger partial charge in [0.1, 0.15) is 11.5 Å². The summed E-state index contributed by atoms with van der Waals surface area (Å²) in [7, 11) is 1.59. The molecule has 0 radical (unpaired) electrons. The van der Waals surface area contributed by atoms with Crippen molar-refractivity contribution in [3.8, 4) is 11.5 Å². The number of morpholine rings is 1. The van der Waals surface area contributed by atoms with Crippen LogP contribution in [0.25, 0.3) is 0 Å². The van der Waals surface area contributed by atoms with Crippen molar-refractivity contribution in [3.05, 3.63) is 35.2 Å². The highest BCUT2D eigenvalue weighted by atomic mass is 16.5. The number of amidine groups is 1. The average Bonchev–Trinajstić information content (AvgIpc) is 3.42. The molecular weight excluding hydrogens is 488 g/mol. The molecule has 4 heterocycles. The maximum Gasteiger partial charge on any atom is 0.261 e. The van der Waals surface area contributed by atoms with Crippen molar-refractivity contribution in [3.63, 3.8) is 0 Å². The Bertz CT molecular complexity index is 1240. The number of aryl methyl sites for hydroxylation is 1. The van der Waals surface area contributed by atoms with E-state index in [4.69, 9.17) is 24.9 Å². The highest BCUT2D eigenvalue weighted by molar-refractivity contribution is 6.20. The van der Waals surface area contributed by atoms with Crippen LogP contribution in [0.2, 0.25) is 0 Å². The van der Waals surface area contributed by atoms with Crippen molar-refractivity contribution in [2.24, 2.45) is 9.98 Å². The number of rotatable bonds is 9. The van der Waals surface area contributed by atoms with Gasteiger partial charge in [-0.1, -0.05) is 13.3 Å². The summed E-state index contributed by atoms with van der Waals surface area (Å²) >= 11 is 0. The van der Waals surface area contributed by atoms with Crippen molar-refractivity contribution in [2.75, 3.05) is 65.4 Å². The van der Waals surface area contributed by atoms with E-state index in [1.165, 1.54) is 6.20 Å². The zero-order chi connectivity index (χ0) is 26.5. The van der Waals surface area contributed by atoms with E-state index in [0.717, 1.165) is 57.1 Å². The lowest BCUT2D eigenvalue weighted by Gasteiger charge is -2.29. The number of carbonyl (C=O) groups excluding carboxylic acids is 1. The van der Waals surface area contributed by atoms with Crippen LogP contribution < -0.4 is 20.5 Å². The number of methoxy groups -OCH3 is 1. The van der Waals surface area contributed by atoms with Crippen LogP contribution in [0.15, 0.2) is 28.3 Å². The minimum Gasteiger partial charge on any atom is -0.491 e. The lowest BCUT2D eigenvalue weighted by molar-refractivity contribution is 0.0357. The molecule has 0 saturated carbocycles. The smallest absolute Gasteiger partial charge is 0.261 e. The quantitative estimate of drug-likeness (QED) is 0.470. The third-order valence-electron chi connectivity index (χ3n) is 6.68. The number of guanidine groups is 1. The fourth-order valence-electron chi connectivity index (χ4n) is 4.81. The number of nitrogens with zero attached hydrogens (tertiary/aromatic N) is 6. The molecule has 0 atom stereocenters. The third kappa shape index (κ3) is 5.41. The molecule has 5 rings (SSSR count). The third-order valence-corrected chi connectivity index (χ3v) is 6.68. The number of carbonyl (C=O) groups is 1. The molecule has 3 aliphatic rings. The molecular formula is C26H34N8O4. The van der Waals surface area contributed by atoms with Crippen LogP contribution in [0.5, 0.6) is 11.5 Å². The van der Waals surface area contributed by atoms with Gasteiger partial charge in [0, 0.05) is 37.9 Å². The molecule has 12 heteroatoms. The van der Waals surface area contributed by atoms with Crippen LogP contribution in [0.3, 0.4) is 0 Å². The van der Waals surface area contributed by atoms with Gasteiger partial charge in [0.05, 0.1) is 44.7 Å². The van der Waals surface area contributed by atoms with Crippen LogP contribution in [0.4, 0.5) is 11.6 Å². The van der Waals surface area contributed by atoms with Crippen LogP contribution in [0, 0.1) is 0 Å². The van der Waals surface area contributed by atoms with Crippen LogP contribution in [-0.2, 0) is 11.2 Å². The Balaban J connectivity index is 1.37. The first-order valence-electron chi connectivity index (χ1n) is 13.1. The zero-order valence-corrected chi connectivity index (χ0v) is 21.9. The minimum absolute atomic E-state index is 0.144. The SMILES string of the molecule is CCCc1nc(N)ncc1C(=O)NC1=Nc2c(ccc(OCCCN3CCOCC3)c2OC)C2=NCCN12. The number of aromatic nitrogens is 2. The molecule has 0 aliphatic carbocycles. The molecule has 0 spiro atoms. The number of amides is 1. The van der Waals surface area contributed by atoms with Gasteiger partial charge in [0.15, 0.2) is 11.5 Å². The second-order valence-electron chi connectivity index (χ2n) is 9.23. The Hall–Kier alpha value is -3.77. The van der Waals surface area contributed by atoms with Crippen molar-refractivity contribution < 1.29 is 19.0 Å². The second-order valence-corrected chi connectivity index (χ2v) is 9.23. The van der Waals surface area contributed by atoms with Crippen molar-refractivity contribution >= 4 is 29.3 Å². The topological polar surface area (TPSA) is 140 Å². The molecule has 2 aromatic rings. The van der Waals surface area contributed by atoms with E-state index in [2.05, 4.69) is 25.2 Å². The van der Waals surface area contributed by atoms with E-state index >= 15 is 0 Å². The maximum absolute atomic E-state index is 13.3. The summed E-state index contributed by atoms with van der Waals surface area (Å²) in [4.78, 5) is 35.4. The summed E-state index contributed by atoms with van der Waals surface area (Å²) in [5.41, 5.74) is 8.15. The fraction of sp³-hybridized carbons (Fsp3) is 0.500. The predicted octanol–water partition coefficient (Wildman–Crippen LogP) is 1.61. The molecule has 1 aromatic carbocycles. The van der Waals surface area contributed by atoms with Gasteiger partial charge < -0.3 is 19.9 Å². The first-order valence-corrected chi connectivity index (χ1v) is 13.1. The summed E-state index contributed by atoms with van der Waals surface area (Å²) in [5, 5.41) is 2.95. The Morgan fingerprint density at radius 3 is 2.87 bits per heavy atom. The zero-order valence-electron chi connectivity index (χ0n) is 21.9. The summed E-state index contributed by atoms with van der Waals surface area (Å²) in [6.07, 6.45) is 3.78. The molecule has 0 bridgehead atoms. The van der Waals surface area contributed by atoms with Crippen LogP contribution in [-0.4, -0.2) is 97.1 Å². The molecule has 3 N–H and O–H groups in total. The van der Waals surface area contributed by atoms with Crippen LogP contribution >= 0.6 is 0 Å². The van der Waals surface area contributed by atoms with Gasteiger partial charge in [-0.25, -0.2) is 15.0 Å². The van der Waals surface area contributed by atoms with E-state index in [0.29, 0.717) is 60.5 Å². The molecule has 0 unspecified atom stereocenters. The van der Waals surface area contributed by atoms with E-state index in [-0.39, 0.29) is 11.9 Å². The highest BCUT2D eigenvalue weighted by Gasteiger charge is 2.33. The Morgan fingerprint density at radius 2 is 2.08 bits per heavy atom. The van der Waals surface area contributed by atoms with Gasteiger partial charge in [-0.3, -0.25) is 24.9 Å². The van der Waals surface area contributed by atoms with Crippen molar-refractivity contribution in [2.45, 2.75) is 26.2 Å². The number of benzene rings is 1. The lowest BCUT2D eigenvalue weighted by Crippen LogP contribution is -2.47. The summed E-state index contributed by atoms with van der Waals surface area (Å²) in [5.74, 6) is 2.02. The standard InChI is InChI=1S/C26H34N8O4/c1-3-5-19-18(16-29-25(27)30-19)24(35)32-26-31-21-17(23-28-8-10-34(23)26)6-7-20(22(21)36-2)38-13-4-9-33-11-14-37-15-12-33/h6-7,16H,3-5,8-15H2,1-2H3,(H2,27,29,30)(H,31,32,35). The van der Waals surface area contributed by atoms with Gasteiger partial charge in [-0.05, 0) is 25.0 Å². The minimum atomic E-state index is -0.351. The van der Waals surface area contributed by atoms with E-state index in [1.54, 1.807) is 7.11 Å². The molecule has 1 fully saturated rings. The predicted molar refractivity (Wildman–Crippen MR) is 143 cm³/mol. The highest BCUT2D eigenvalue weighted by Crippen LogP contribution is 2.43. The molecule has 1 aromatic heterocycles. The number of anilines is 1. The van der Waals surface area contributed by atoms with Gasteiger partial charge in [0.2, 0.25) is 11.9 Å². The Labute approximate surface area is 221 Å². The van der Waals surface area contributed by atoms with Crippen molar-refractivity contribution in [1.29, 1.82) is 0 Å². The van der Waals surface area contributed by atoms with Gasteiger partial charge in [-0.2, -0.15) is 0 Å². The largest absolute Gasteiger partial charge is 0.491 e. The fourth-order valence-corrected chi connectivity index (χ4v) is 4.81. The number of hydrogen-bond acceptors (Lipinski definition) is 11. The Morgan fingerprint density at radius 1 is 1.24 bits per heavy atom. The number of ether oxygens (including phenoxy) is 3. The van der Waals surface area contributed by atoms with Gasteiger partial charge in [0.25, 0.3) is 5.91 Å². The normalized spacial score (nSPS) is 16.8. The van der Waals surface area contributed by atoms with Gasteiger partial charge >= 0.3 is 0 Å². The number of hydrogen-bond donors (Lipinski definition) is 2. The average molecular weight is 523 g/mol. The maximum atomic E-state index is 13.3. The molecule has 1 amide bonds. The number of aliphatic imine (C=N–C) groups is 2. The van der Waals surface area contributed by atoms with E-state index < -0.39 is 0 Å². The first kappa shape index (κ1) is 25.9. The Kier molecular flexibility index (Phi) is 7.99. The molecule has 202 valence electrons. The van der Waals surface area contributed by atoms with Crippen LogP contribution in [0.1, 0.15) is 41.4 Å². The lowest BCUT2D eigenvalue weighted by atomic mass is 10.1. The number of nitrogens with two attached hydrogens (primary N) is 1. The number of fused-ring (bicyclic) bond motifs is 3. The molecule has 12 nitrogen and oxygen atoms in total. The van der Waals surface area contributed by atoms with Crippen molar-refractivity contribution in [1.82, 2.24) is 25.1 Å². The van der Waals surface area contributed by atoms with Gasteiger partial charge in [-0.15, -0.1) is 0 Å². The summed E-state index contributed by atoms with van der Waals surface area (Å²) in [6.45, 7) is 8.18. The second kappa shape index (κ2) is 11.7. The summed E-state index contributed by atoms with van der Waals surface area (Å²) < 4.78 is 17.3. The van der Waals surface area contributed by atoms with E-state index in [1.807, 2.05) is 24.0 Å². The monoisotopic (exact) mass is 522 g/mol. The molecule has 38 heavy (non-hydrogen) atoms. The van der Waals surface area contributed by atoms with E-state index in [9.17, 15) is 4.79 Å². The first-order chi connectivity index (χ1) is 18.6.